The van der Waals surface area contributed by atoms with Gasteiger partial charge in [-0.05, 0) is 31.1 Å². The normalized spacial score (nSPS) is 17.2. The minimum absolute atomic E-state index is 0.918. The fourth-order valence-corrected chi connectivity index (χ4v) is 1.93. The molecule has 0 fully saturated rings. The Morgan fingerprint density at radius 1 is 1.45 bits per heavy atom. The zero-order chi connectivity index (χ0) is 7.68. The predicted molar refractivity (Wildman–Crippen MR) is 48.6 cm³/mol. The Balaban J connectivity index is 2.34. The van der Waals surface area contributed by atoms with Crippen molar-refractivity contribution in [1.29, 1.82) is 0 Å². The van der Waals surface area contributed by atoms with Crippen molar-refractivity contribution in [1.82, 2.24) is 4.31 Å². The topological polar surface area (TPSA) is 15.3 Å². The molecule has 3 heteroatoms. The first kappa shape index (κ1) is 7.00. The highest BCUT2D eigenvalue weighted by atomic mass is 32.2. The zero-order valence-corrected chi connectivity index (χ0v) is 7.19. The molecule has 2 nitrogen and oxygen atoms in total. The standard InChI is InChI=1S/C8H10N2S/c1-10-6-9-7-4-2-3-5-8(7)11-10/h2-5,9H,6H2,1H3. The SMILES string of the molecule is CN1CNc2ccccc2S1. The van der Waals surface area contributed by atoms with Crippen LogP contribution in [0.25, 0.3) is 0 Å². The maximum atomic E-state index is 3.32. The van der Waals surface area contributed by atoms with Crippen LogP contribution in [0.4, 0.5) is 5.69 Å². The highest BCUT2D eigenvalue weighted by Gasteiger charge is 2.10. The molecule has 1 aliphatic heterocycles. The van der Waals surface area contributed by atoms with Crippen molar-refractivity contribution >= 4 is 17.6 Å². The third-order valence-corrected chi connectivity index (χ3v) is 2.63. The van der Waals surface area contributed by atoms with Crippen LogP contribution >= 0.6 is 11.9 Å². The van der Waals surface area contributed by atoms with Gasteiger partial charge in [-0.15, -0.1) is 0 Å². The zero-order valence-electron chi connectivity index (χ0n) is 6.37. The van der Waals surface area contributed by atoms with Crippen molar-refractivity contribution in [2.24, 2.45) is 0 Å². The summed E-state index contributed by atoms with van der Waals surface area (Å²) in [7, 11) is 2.08. The van der Waals surface area contributed by atoms with Crippen LogP contribution in [-0.4, -0.2) is 18.0 Å². The molecule has 0 spiro atoms. The molecule has 11 heavy (non-hydrogen) atoms. The average molecular weight is 166 g/mol. The van der Waals surface area contributed by atoms with E-state index in [0.717, 1.165) is 6.67 Å². The summed E-state index contributed by atoms with van der Waals surface area (Å²) < 4.78 is 2.17. The van der Waals surface area contributed by atoms with Crippen molar-refractivity contribution in [3.63, 3.8) is 0 Å². The Kier molecular flexibility index (Phi) is 1.75. The molecule has 1 aromatic carbocycles. The van der Waals surface area contributed by atoms with E-state index in [9.17, 15) is 0 Å². The van der Waals surface area contributed by atoms with Crippen molar-refractivity contribution in [3.8, 4) is 0 Å². The van der Waals surface area contributed by atoms with Crippen LogP contribution in [0.3, 0.4) is 0 Å². The number of nitrogens with zero attached hydrogens (tertiary/aromatic N) is 1. The summed E-state index contributed by atoms with van der Waals surface area (Å²) in [6.07, 6.45) is 0. The summed E-state index contributed by atoms with van der Waals surface area (Å²) in [5, 5.41) is 3.32. The molecule has 0 radical (unpaired) electrons. The fourth-order valence-electron chi connectivity index (χ4n) is 1.09. The molecule has 0 saturated carbocycles. The van der Waals surface area contributed by atoms with Gasteiger partial charge in [0.05, 0.1) is 12.4 Å². The molecule has 0 atom stereocenters. The molecule has 1 aliphatic rings. The van der Waals surface area contributed by atoms with E-state index in [1.54, 1.807) is 11.9 Å². The van der Waals surface area contributed by atoms with Crippen LogP contribution in [0.1, 0.15) is 0 Å². The molecule has 1 aromatic rings. The molecule has 0 aromatic heterocycles. The van der Waals surface area contributed by atoms with Gasteiger partial charge in [0, 0.05) is 4.90 Å². The quantitative estimate of drug-likeness (QED) is 0.593. The van der Waals surface area contributed by atoms with Crippen LogP contribution in [-0.2, 0) is 0 Å². The second-order valence-electron chi connectivity index (χ2n) is 2.55. The van der Waals surface area contributed by atoms with E-state index in [4.69, 9.17) is 0 Å². The lowest BCUT2D eigenvalue weighted by Crippen LogP contribution is -2.22. The molecule has 0 bridgehead atoms. The molecule has 1 heterocycles. The van der Waals surface area contributed by atoms with E-state index < -0.39 is 0 Å². The molecular weight excluding hydrogens is 156 g/mol. The van der Waals surface area contributed by atoms with E-state index in [1.165, 1.54) is 10.6 Å². The van der Waals surface area contributed by atoms with Crippen LogP contribution in [0.5, 0.6) is 0 Å². The molecule has 58 valence electrons. The first-order valence-electron chi connectivity index (χ1n) is 3.58. The van der Waals surface area contributed by atoms with Gasteiger partial charge in [0.2, 0.25) is 0 Å². The summed E-state index contributed by atoms with van der Waals surface area (Å²) in [6.45, 7) is 0.918. The fraction of sp³-hybridized carbons (Fsp3) is 0.250. The maximum absolute atomic E-state index is 3.32. The van der Waals surface area contributed by atoms with Crippen molar-refractivity contribution in [2.75, 3.05) is 19.0 Å². The predicted octanol–water partition coefficient (Wildman–Crippen LogP) is 2.01. The number of hydrogen-bond donors (Lipinski definition) is 1. The smallest absolute Gasteiger partial charge is 0.0775 e. The van der Waals surface area contributed by atoms with Crippen molar-refractivity contribution < 1.29 is 0 Å². The molecular formula is C8H10N2S. The van der Waals surface area contributed by atoms with Gasteiger partial charge < -0.3 is 5.32 Å². The Morgan fingerprint density at radius 2 is 2.27 bits per heavy atom. The first-order valence-corrected chi connectivity index (χ1v) is 4.35. The Morgan fingerprint density at radius 3 is 3.18 bits per heavy atom. The average Bonchev–Trinajstić information content (AvgIpc) is 2.04. The third-order valence-electron chi connectivity index (χ3n) is 1.63. The molecule has 2 rings (SSSR count). The van der Waals surface area contributed by atoms with Gasteiger partial charge in [0.1, 0.15) is 0 Å². The summed E-state index contributed by atoms with van der Waals surface area (Å²) in [5.74, 6) is 0. The second-order valence-corrected chi connectivity index (χ2v) is 3.80. The van der Waals surface area contributed by atoms with Gasteiger partial charge in [-0.2, -0.15) is 0 Å². The van der Waals surface area contributed by atoms with Gasteiger partial charge in [0.15, 0.2) is 0 Å². The summed E-state index contributed by atoms with van der Waals surface area (Å²) in [4.78, 5) is 1.31. The number of para-hydroxylation sites is 1. The minimum atomic E-state index is 0.918. The molecule has 0 aliphatic carbocycles. The van der Waals surface area contributed by atoms with Crippen LogP contribution in [0.15, 0.2) is 29.2 Å². The first-order chi connectivity index (χ1) is 5.36. The third kappa shape index (κ3) is 1.34. The summed E-state index contributed by atoms with van der Waals surface area (Å²) >= 11 is 1.78. The van der Waals surface area contributed by atoms with E-state index in [0.29, 0.717) is 0 Å². The van der Waals surface area contributed by atoms with Gasteiger partial charge in [-0.25, -0.2) is 4.31 Å². The lowest BCUT2D eigenvalue weighted by atomic mass is 10.3. The van der Waals surface area contributed by atoms with Gasteiger partial charge in [-0.1, -0.05) is 12.1 Å². The monoisotopic (exact) mass is 166 g/mol. The van der Waals surface area contributed by atoms with E-state index in [2.05, 4.69) is 40.9 Å². The molecule has 1 N–H and O–H groups in total. The number of nitrogens with one attached hydrogen (secondary N) is 1. The summed E-state index contributed by atoms with van der Waals surface area (Å²) in [5.41, 5.74) is 1.25. The van der Waals surface area contributed by atoms with Crippen molar-refractivity contribution in [3.05, 3.63) is 24.3 Å². The lowest BCUT2D eigenvalue weighted by molar-refractivity contribution is 0.601. The maximum Gasteiger partial charge on any atom is 0.0775 e. The number of anilines is 1. The molecule has 0 saturated heterocycles. The van der Waals surface area contributed by atoms with Gasteiger partial charge >= 0.3 is 0 Å². The largest absolute Gasteiger partial charge is 0.371 e. The van der Waals surface area contributed by atoms with E-state index in [-0.39, 0.29) is 0 Å². The highest BCUT2D eigenvalue weighted by molar-refractivity contribution is 7.97. The number of rotatable bonds is 0. The van der Waals surface area contributed by atoms with Crippen molar-refractivity contribution in [2.45, 2.75) is 4.90 Å². The lowest BCUT2D eigenvalue weighted by Gasteiger charge is -2.24. The number of hydrogen-bond acceptors (Lipinski definition) is 3. The van der Waals surface area contributed by atoms with E-state index >= 15 is 0 Å². The molecule has 0 unspecified atom stereocenters. The van der Waals surface area contributed by atoms with Crippen LogP contribution < -0.4 is 5.32 Å². The number of benzene rings is 1. The molecule has 0 amide bonds. The highest BCUT2D eigenvalue weighted by Crippen LogP contribution is 2.32. The van der Waals surface area contributed by atoms with Gasteiger partial charge in [0.25, 0.3) is 0 Å². The minimum Gasteiger partial charge on any atom is -0.371 e. The Labute approximate surface area is 70.7 Å². The Bertz CT molecular complexity index is 262. The Hall–Kier alpha value is -0.670. The van der Waals surface area contributed by atoms with Crippen LogP contribution in [0, 0.1) is 0 Å². The summed E-state index contributed by atoms with van der Waals surface area (Å²) in [6, 6.07) is 8.35. The van der Waals surface area contributed by atoms with Crippen LogP contribution in [0.2, 0.25) is 0 Å². The number of fused-ring (bicyclic) bond motifs is 1. The second kappa shape index (κ2) is 2.75. The van der Waals surface area contributed by atoms with E-state index in [1.807, 2.05) is 0 Å². The van der Waals surface area contributed by atoms with Gasteiger partial charge in [-0.3, -0.25) is 0 Å².